The zero-order chi connectivity index (χ0) is 16.9. The van der Waals surface area contributed by atoms with Crippen molar-refractivity contribution in [2.45, 2.75) is 23.8 Å². The Kier molecular flexibility index (Phi) is 5.52. The Balaban J connectivity index is 1.61. The molecule has 6 nitrogen and oxygen atoms in total. The van der Waals surface area contributed by atoms with E-state index < -0.39 is 0 Å². The van der Waals surface area contributed by atoms with Crippen LogP contribution >= 0.6 is 11.8 Å². The van der Waals surface area contributed by atoms with E-state index in [0.29, 0.717) is 5.88 Å². The van der Waals surface area contributed by atoms with Gasteiger partial charge in [0, 0.05) is 29.5 Å². The average molecular weight is 345 g/mol. The summed E-state index contributed by atoms with van der Waals surface area (Å²) in [5.41, 5.74) is 7.16. The fraction of sp³-hybridized carbons (Fsp3) is 0.412. The Morgan fingerprint density at radius 2 is 2.33 bits per heavy atom. The van der Waals surface area contributed by atoms with Crippen molar-refractivity contribution in [1.82, 2.24) is 14.9 Å². The van der Waals surface area contributed by atoms with Crippen LogP contribution in [0.2, 0.25) is 0 Å². The number of pyridine rings is 2. The number of rotatable bonds is 6. The molecule has 1 fully saturated rings. The van der Waals surface area contributed by atoms with E-state index in [9.17, 15) is 4.79 Å². The molecule has 7 heteroatoms. The number of carbonyl (C=O) groups excluding carboxylic acids is 1. The number of fused-ring (bicyclic) bond motifs is 1. The van der Waals surface area contributed by atoms with Gasteiger partial charge in [-0.25, -0.2) is 4.98 Å². The fourth-order valence-electron chi connectivity index (χ4n) is 2.84. The molecule has 2 aromatic rings. The van der Waals surface area contributed by atoms with Gasteiger partial charge in [-0.1, -0.05) is 0 Å². The van der Waals surface area contributed by atoms with Crippen LogP contribution in [0.25, 0.3) is 11.0 Å². The van der Waals surface area contributed by atoms with Crippen molar-refractivity contribution >= 4 is 28.7 Å². The SMILES string of the molecule is COc1ccc2ncc(SCCN3CC[CH]CC3C(N)=O)cc2n1. The number of piperidine rings is 1. The molecule has 1 amide bonds. The molecule has 0 aromatic carbocycles. The van der Waals surface area contributed by atoms with E-state index in [1.54, 1.807) is 24.9 Å². The maximum atomic E-state index is 11.5. The molecule has 3 heterocycles. The zero-order valence-corrected chi connectivity index (χ0v) is 14.5. The molecular formula is C17H21N4O2S. The fourth-order valence-corrected chi connectivity index (χ4v) is 3.73. The summed E-state index contributed by atoms with van der Waals surface area (Å²) >= 11 is 1.71. The highest BCUT2D eigenvalue weighted by molar-refractivity contribution is 7.99. The highest BCUT2D eigenvalue weighted by Crippen LogP contribution is 2.23. The first-order valence-corrected chi connectivity index (χ1v) is 8.94. The van der Waals surface area contributed by atoms with Crippen LogP contribution in [0, 0.1) is 6.42 Å². The zero-order valence-electron chi connectivity index (χ0n) is 13.6. The molecule has 0 aliphatic carbocycles. The highest BCUT2D eigenvalue weighted by Gasteiger charge is 2.26. The van der Waals surface area contributed by atoms with E-state index in [4.69, 9.17) is 10.5 Å². The monoisotopic (exact) mass is 345 g/mol. The second-order valence-corrected chi connectivity index (χ2v) is 6.85. The van der Waals surface area contributed by atoms with Gasteiger partial charge in [0.15, 0.2) is 0 Å². The minimum absolute atomic E-state index is 0.167. The van der Waals surface area contributed by atoms with Gasteiger partial charge in [-0.05, 0) is 37.9 Å². The first-order chi connectivity index (χ1) is 11.7. The molecule has 1 atom stereocenters. The number of methoxy groups -OCH3 is 1. The number of primary amides is 1. The number of aromatic nitrogens is 2. The molecular weight excluding hydrogens is 324 g/mol. The summed E-state index contributed by atoms with van der Waals surface area (Å²) in [4.78, 5) is 23.6. The minimum atomic E-state index is -0.236. The Morgan fingerprint density at radius 3 is 3.12 bits per heavy atom. The molecule has 0 saturated carbocycles. The highest BCUT2D eigenvalue weighted by atomic mass is 32.2. The molecule has 3 rings (SSSR count). The predicted octanol–water partition coefficient (Wildman–Crippen LogP) is 1.88. The third-order valence-corrected chi connectivity index (χ3v) is 5.07. The van der Waals surface area contributed by atoms with Gasteiger partial charge in [0.25, 0.3) is 0 Å². The molecule has 0 bridgehead atoms. The number of hydrogen-bond donors (Lipinski definition) is 1. The maximum Gasteiger partial charge on any atom is 0.234 e. The van der Waals surface area contributed by atoms with Gasteiger partial charge in [-0.2, -0.15) is 0 Å². The molecule has 1 aliphatic rings. The van der Waals surface area contributed by atoms with Crippen LogP contribution in [0.1, 0.15) is 12.8 Å². The summed E-state index contributed by atoms with van der Waals surface area (Å²) in [6.45, 7) is 1.72. The van der Waals surface area contributed by atoms with Crippen molar-refractivity contribution in [2.75, 3.05) is 26.0 Å². The summed E-state index contributed by atoms with van der Waals surface area (Å²) in [5.74, 6) is 1.22. The Hall–Kier alpha value is -1.86. The van der Waals surface area contributed by atoms with E-state index in [1.165, 1.54) is 0 Å². The number of amides is 1. The van der Waals surface area contributed by atoms with Gasteiger partial charge in [-0.15, -0.1) is 11.8 Å². The lowest BCUT2D eigenvalue weighted by atomic mass is 10.0. The van der Waals surface area contributed by atoms with Crippen molar-refractivity contribution in [1.29, 1.82) is 0 Å². The average Bonchev–Trinajstić information content (AvgIpc) is 2.61. The Bertz CT molecular complexity index is 725. The number of nitrogens with zero attached hydrogens (tertiary/aromatic N) is 3. The Morgan fingerprint density at radius 1 is 1.46 bits per heavy atom. The normalized spacial score (nSPS) is 18.6. The largest absolute Gasteiger partial charge is 0.481 e. The lowest BCUT2D eigenvalue weighted by Crippen LogP contribution is -2.48. The Labute approximate surface area is 145 Å². The van der Waals surface area contributed by atoms with Crippen LogP contribution < -0.4 is 10.5 Å². The number of likely N-dealkylation sites (tertiary alicyclic amines) is 1. The second-order valence-electron chi connectivity index (χ2n) is 5.68. The molecule has 1 radical (unpaired) electrons. The van der Waals surface area contributed by atoms with Crippen LogP contribution in [0.15, 0.2) is 29.3 Å². The van der Waals surface area contributed by atoms with E-state index >= 15 is 0 Å². The standard InChI is InChI=1S/C17H21N4O2S/c1-23-16-6-5-13-14(20-16)10-12(11-19-13)24-9-8-21-7-3-2-4-15(21)17(18)22/h2,5-6,10-11,15H,3-4,7-9H2,1H3,(H2,18,22). The van der Waals surface area contributed by atoms with Gasteiger partial charge in [0.05, 0.1) is 24.2 Å². The van der Waals surface area contributed by atoms with Gasteiger partial charge in [-0.3, -0.25) is 14.7 Å². The molecule has 24 heavy (non-hydrogen) atoms. The van der Waals surface area contributed by atoms with E-state index in [0.717, 1.165) is 47.6 Å². The van der Waals surface area contributed by atoms with Gasteiger partial charge >= 0.3 is 0 Å². The topological polar surface area (TPSA) is 81.3 Å². The number of hydrogen-bond acceptors (Lipinski definition) is 6. The molecule has 2 aromatic heterocycles. The van der Waals surface area contributed by atoms with Crippen LogP contribution in [0.5, 0.6) is 5.88 Å². The summed E-state index contributed by atoms with van der Waals surface area (Å²) in [6, 6.07) is 5.56. The summed E-state index contributed by atoms with van der Waals surface area (Å²) in [7, 11) is 1.60. The van der Waals surface area contributed by atoms with E-state index in [2.05, 4.69) is 21.3 Å². The summed E-state index contributed by atoms with van der Waals surface area (Å²) in [6.07, 6.45) is 5.76. The van der Waals surface area contributed by atoms with Crippen molar-refractivity contribution in [3.05, 3.63) is 30.8 Å². The maximum absolute atomic E-state index is 11.5. The predicted molar refractivity (Wildman–Crippen MR) is 94.9 cm³/mol. The van der Waals surface area contributed by atoms with Gasteiger partial charge < -0.3 is 10.5 Å². The van der Waals surface area contributed by atoms with Crippen molar-refractivity contribution in [3.8, 4) is 5.88 Å². The summed E-state index contributed by atoms with van der Waals surface area (Å²) in [5, 5.41) is 0. The van der Waals surface area contributed by atoms with Crippen molar-refractivity contribution in [3.63, 3.8) is 0 Å². The van der Waals surface area contributed by atoms with Crippen LogP contribution in [0.4, 0.5) is 0 Å². The number of carbonyl (C=O) groups is 1. The molecule has 0 spiro atoms. The van der Waals surface area contributed by atoms with Crippen LogP contribution in [-0.2, 0) is 4.79 Å². The van der Waals surface area contributed by atoms with Gasteiger partial charge in [0.1, 0.15) is 0 Å². The molecule has 1 unspecified atom stereocenters. The van der Waals surface area contributed by atoms with Crippen LogP contribution in [0.3, 0.4) is 0 Å². The lowest BCUT2D eigenvalue weighted by Gasteiger charge is -2.33. The van der Waals surface area contributed by atoms with Crippen molar-refractivity contribution in [2.24, 2.45) is 5.73 Å². The van der Waals surface area contributed by atoms with Gasteiger partial charge in [0.2, 0.25) is 11.8 Å². The molecule has 1 saturated heterocycles. The van der Waals surface area contributed by atoms with Crippen molar-refractivity contribution < 1.29 is 9.53 Å². The smallest absolute Gasteiger partial charge is 0.234 e. The van der Waals surface area contributed by atoms with Crippen LogP contribution in [-0.4, -0.2) is 52.8 Å². The van der Waals surface area contributed by atoms with E-state index in [1.807, 2.05) is 18.3 Å². The minimum Gasteiger partial charge on any atom is -0.481 e. The number of ether oxygens (including phenoxy) is 1. The number of nitrogens with two attached hydrogens (primary N) is 1. The third kappa shape index (κ3) is 3.96. The quantitative estimate of drug-likeness (QED) is 0.805. The lowest BCUT2D eigenvalue weighted by molar-refractivity contribution is -0.123. The first kappa shape index (κ1) is 17.0. The molecule has 2 N–H and O–H groups in total. The van der Waals surface area contributed by atoms with E-state index in [-0.39, 0.29) is 11.9 Å². The first-order valence-electron chi connectivity index (χ1n) is 7.96. The second kappa shape index (κ2) is 7.81. The molecule has 1 aliphatic heterocycles. The summed E-state index contributed by atoms with van der Waals surface area (Å²) < 4.78 is 5.16. The number of thioether (sulfide) groups is 1. The molecule has 127 valence electrons. The third-order valence-electron chi connectivity index (χ3n) is 4.12.